The molecular weight excluding hydrogens is 208 g/mol. The molecule has 5 heteroatoms. The lowest BCUT2D eigenvalue weighted by atomic mass is 9.96. The third kappa shape index (κ3) is 2.65. The third-order valence-corrected chi connectivity index (χ3v) is 3.47. The molecule has 0 spiro atoms. The number of hydrogen-bond donors (Lipinski definition) is 1. The zero-order valence-electron chi connectivity index (χ0n) is 9.76. The van der Waals surface area contributed by atoms with Crippen molar-refractivity contribution < 1.29 is 14.6 Å². The second kappa shape index (κ2) is 5.01. The number of likely N-dealkylation sites (tertiary alicyclic amines) is 1. The largest absolute Gasteiger partial charge is 0.442 e. The van der Waals surface area contributed by atoms with Gasteiger partial charge in [-0.2, -0.15) is 0 Å². The second-order valence-corrected chi connectivity index (χ2v) is 4.84. The Morgan fingerprint density at radius 2 is 2.12 bits per heavy atom. The molecule has 2 aliphatic rings. The molecule has 1 amide bonds. The summed E-state index contributed by atoms with van der Waals surface area (Å²) in [7, 11) is 2.13. The number of nitrogens with zero attached hydrogens (tertiary/aromatic N) is 2. The van der Waals surface area contributed by atoms with E-state index in [4.69, 9.17) is 9.84 Å². The molecule has 0 aromatic rings. The number of hydrogen-bond acceptors (Lipinski definition) is 4. The molecule has 0 aromatic carbocycles. The van der Waals surface area contributed by atoms with Crippen LogP contribution in [-0.4, -0.2) is 66.9 Å². The van der Waals surface area contributed by atoms with Crippen molar-refractivity contribution >= 4 is 6.09 Å². The summed E-state index contributed by atoms with van der Waals surface area (Å²) in [5, 5.41) is 8.93. The van der Waals surface area contributed by atoms with E-state index in [0.29, 0.717) is 12.5 Å². The first kappa shape index (κ1) is 11.7. The molecule has 0 saturated carbocycles. The first-order valence-corrected chi connectivity index (χ1v) is 5.94. The number of amides is 1. The average Bonchev–Trinajstić information content (AvgIpc) is 2.63. The quantitative estimate of drug-likeness (QED) is 0.746. The van der Waals surface area contributed by atoms with Crippen molar-refractivity contribution in [2.24, 2.45) is 5.92 Å². The summed E-state index contributed by atoms with van der Waals surface area (Å²) in [6, 6.07) is 0. The highest BCUT2D eigenvalue weighted by Crippen LogP contribution is 2.20. The predicted molar refractivity (Wildman–Crippen MR) is 59.1 cm³/mol. The van der Waals surface area contributed by atoms with Crippen molar-refractivity contribution in [3.05, 3.63) is 0 Å². The number of piperidine rings is 1. The summed E-state index contributed by atoms with van der Waals surface area (Å²) < 4.78 is 5.01. The number of aliphatic hydroxyl groups excluding tert-OH is 1. The van der Waals surface area contributed by atoms with Gasteiger partial charge in [-0.15, -0.1) is 0 Å². The molecule has 2 fully saturated rings. The van der Waals surface area contributed by atoms with Gasteiger partial charge in [0.15, 0.2) is 0 Å². The minimum absolute atomic E-state index is 0.0738. The molecule has 2 saturated heterocycles. The molecule has 0 aliphatic carbocycles. The van der Waals surface area contributed by atoms with Crippen LogP contribution >= 0.6 is 0 Å². The molecule has 2 rings (SSSR count). The van der Waals surface area contributed by atoms with E-state index in [1.807, 2.05) is 0 Å². The highest BCUT2D eigenvalue weighted by molar-refractivity contribution is 5.69. The lowest BCUT2D eigenvalue weighted by Crippen LogP contribution is -2.37. The van der Waals surface area contributed by atoms with E-state index in [0.717, 1.165) is 32.5 Å². The molecule has 5 nitrogen and oxygen atoms in total. The molecule has 0 radical (unpaired) electrons. The van der Waals surface area contributed by atoms with E-state index < -0.39 is 0 Å². The van der Waals surface area contributed by atoms with Crippen LogP contribution in [0.2, 0.25) is 0 Å². The molecule has 16 heavy (non-hydrogen) atoms. The van der Waals surface area contributed by atoms with Gasteiger partial charge in [0.1, 0.15) is 6.10 Å². The molecule has 2 aliphatic heterocycles. The lowest BCUT2D eigenvalue weighted by Gasteiger charge is -2.30. The SMILES string of the molecule is CN1CCC(CN2C[C@H](CO)OC2=O)CC1. The average molecular weight is 228 g/mol. The van der Waals surface area contributed by atoms with Gasteiger partial charge in [0.05, 0.1) is 13.2 Å². The maximum absolute atomic E-state index is 11.5. The van der Waals surface area contributed by atoms with Crippen LogP contribution in [0.3, 0.4) is 0 Å². The Bertz CT molecular complexity index is 252. The van der Waals surface area contributed by atoms with Gasteiger partial charge in [0, 0.05) is 6.54 Å². The van der Waals surface area contributed by atoms with E-state index in [1.165, 1.54) is 0 Å². The summed E-state index contributed by atoms with van der Waals surface area (Å²) in [5.74, 6) is 0.584. The van der Waals surface area contributed by atoms with Crippen LogP contribution in [0.4, 0.5) is 4.79 Å². The van der Waals surface area contributed by atoms with Crippen LogP contribution in [-0.2, 0) is 4.74 Å². The molecule has 1 atom stereocenters. The zero-order chi connectivity index (χ0) is 11.5. The summed E-state index contributed by atoms with van der Waals surface area (Å²) in [5.41, 5.74) is 0. The Hall–Kier alpha value is -0.810. The topological polar surface area (TPSA) is 53.0 Å². The van der Waals surface area contributed by atoms with Crippen molar-refractivity contribution in [2.45, 2.75) is 18.9 Å². The molecule has 0 aromatic heterocycles. The second-order valence-electron chi connectivity index (χ2n) is 4.84. The molecule has 2 heterocycles. The number of carbonyl (C=O) groups is 1. The first-order chi connectivity index (χ1) is 7.69. The Morgan fingerprint density at radius 3 is 2.69 bits per heavy atom. The fourth-order valence-corrected chi connectivity index (χ4v) is 2.38. The van der Waals surface area contributed by atoms with Gasteiger partial charge in [-0.3, -0.25) is 0 Å². The van der Waals surface area contributed by atoms with Crippen LogP contribution in [0, 0.1) is 5.92 Å². The number of aliphatic hydroxyl groups is 1. The van der Waals surface area contributed by atoms with Gasteiger partial charge in [-0.1, -0.05) is 0 Å². The summed E-state index contributed by atoms with van der Waals surface area (Å²) >= 11 is 0. The standard InChI is InChI=1S/C11H20N2O3/c1-12-4-2-9(3-5-12)6-13-7-10(8-14)16-11(13)15/h9-10,14H,2-8H2,1H3/t10-/m1/s1. The summed E-state index contributed by atoms with van der Waals surface area (Å²) in [4.78, 5) is 15.5. The predicted octanol–water partition coefficient (Wildman–Crippen LogP) is 0.141. The fraction of sp³-hybridized carbons (Fsp3) is 0.909. The summed E-state index contributed by atoms with van der Waals surface area (Å²) in [6.07, 6.45) is 1.70. The minimum atomic E-state index is -0.321. The smallest absolute Gasteiger partial charge is 0.410 e. The summed E-state index contributed by atoms with van der Waals surface area (Å²) in [6.45, 7) is 3.47. The Balaban J connectivity index is 1.79. The van der Waals surface area contributed by atoms with Gasteiger partial charge in [0.25, 0.3) is 0 Å². The van der Waals surface area contributed by atoms with E-state index in [9.17, 15) is 4.79 Å². The van der Waals surface area contributed by atoms with Gasteiger partial charge >= 0.3 is 6.09 Å². The van der Waals surface area contributed by atoms with Gasteiger partial charge in [-0.25, -0.2) is 4.79 Å². The van der Waals surface area contributed by atoms with E-state index in [-0.39, 0.29) is 18.8 Å². The Morgan fingerprint density at radius 1 is 1.44 bits per heavy atom. The van der Waals surface area contributed by atoms with Crippen LogP contribution in [0.15, 0.2) is 0 Å². The molecule has 1 N–H and O–H groups in total. The lowest BCUT2D eigenvalue weighted by molar-refractivity contribution is 0.0941. The maximum Gasteiger partial charge on any atom is 0.410 e. The monoisotopic (exact) mass is 228 g/mol. The van der Waals surface area contributed by atoms with Gasteiger partial charge < -0.3 is 19.6 Å². The van der Waals surface area contributed by atoms with Gasteiger partial charge in [-0.05, 0) is 38.9 Å². The van der Waals surface area contributed by atoms with Crippen molar-refractivity contribution in [1.29, 1.82) is 0 Å². The van der Waals surface area contributed by atoms with E-state index in [2.05, 4.69) is 11.9 Å². The van der Waals surface area contributed by atoms with Crippen molar-refractivity contribution in [3.8, 4) is 0 Å². The zero-order valence-corrected chi connectivity index (χ0v) is 9.76. The van der Waals surface area contributed by atoms with Gasteiger partial charge in [0.2, 0.25) is 0 Å². The number of carbonyl (C=O) groups excluding carboxylic acids is 1. The van der Waals surface area contributed by atoms with E-state index >= 15 is 0 Å². The third-order valence-electron chi connectivity index (χ3n) is 3.47. The highest BCUT2D eigenvalue weighted by Gasteiger charge is 2.32. The number of cyclic esters (lactones) is 1. The molecule has 0 bridgehead atoms. The first-order valence-electron chi connectivity index (χ1n) is 5.94. The van der Waals surface area contributed by atoms with Crippen molar-refractivity contribution in [2.75, 3.05) is 39.8 Å². The van der Waals surface area contributed by atoms with Crippen molar-refractivity contribution in [3.63, 3.8) is 0 Å². The van der Waals surface area contributed by atoms with Crippen LogP contribution in [0.1, 0.15) is 12.8 Å². The van der Waals surface area contributed by atoms with Crippen LogP contribution in [0.25, 0.3) is 0 Å². The molecular formula is C11H20N2O3. The normalized spacial score (nSPS) is 28.5. The number of ether oxygens (including phenoxy) is 1. The maximum atomic E-state index is 11.5. The highest BCUT2D eigenvalue weighted by atomic mass is 16.6. The van der Waals surface area contributed by atoms with E-state index in [1.54, 1.807) is 4.90 Å². The molecule has 0 unspecified atom stereocenters. The number of rotatable bonds is 3. The Labute approximate surface area is 96.0 Å². The molecule has 92 valence electrons. The van der Waals surface area contributed by atoms with Crippen molar-refractivity contribution in [1.82, 2.24) is 9.80 Å². The Kier molecular flexibility index (Phi) is 3.66. The van der Waals surface area contributed by atoms with Crippen LogP contribution < -0.4 is 0 Å². The van der Waals surface area contributed by atoms with Crippen LogP contribution in [0.5, 0.6) is 0 Å². The minimum Gasteiger partial charge on any atom is -0.442 e. The fourth-order valence-electron chi connectivity index (χ4n) is 2.38.